The van der Waals surface area contributed by atoms with E-state index in [9.17, 15) is 4.79 Å². The van der Waals surface area contributed by atoms with Crippen molar-refractivity contribution in [3.05, 3.63) is 0 Å². The summed E-state index contributed by atoms with van der Waals surface area (Å²) in [6.45, 7) is 2.53. The third-order valence-electron chi connectivity index (χ3n) is 4.12. The molecule has 0 radical (unpaired) electrons. The SMILES string of the molecule is CNC(=O)CCN1CCO[C@@H]2CC[C@@H](OC)C[C@H]21. The lowest BCUT2D eigenvalue weighted by molar-refractivity contribution is -0.126. The third kappa shape index (κ3) is 3.22. The van der Waals surface area contributed by atoms with Crippen molar-refractivity contribution < 1.29 is 14.3 Å². The summed E-state index contributed by atoms with van der Waals surface area (Å²) in [5.41, 5.74) is 0. The van der Waals surface area contributed by atoms with E-state index < -0.39 is 0 Å². The number of methoxy groups -OCH3 is 1. The molecule has 0 spiro atoms. The van der Waals surface area contributed by atoms with Crippen LogP contribution in [0.2, 0.25) is 0 Å². The van der Waals surface area contributed by atoms with Gasteiger partial charge in [-0.1, -0.05) is 0 Å². The Kier molecular flexibility index (Phi) is 4.97. The van der Waals surface area contributed by atoms with Crippen LogP contribution in [-0.4, -0.2) is 62.9 Å². The molecule has 1 saturated heterocycles. The second-order valence-corrected chi connectivity index (χ2v) is 5.11. The van der Waals surface area contributed by atoms with Gasteiger partial charge in [0.2, 0.25) is 5.91 Å². The van der Waals surface area contributed by atoms with Gasteiger partial charge in [-0.25, -0.2) is 0 Å². The Morgan fingerprint density at radius 1 is 1.50 bits per heavy atom. The molecule has 2 rings (SSSR count). The Balaban J connectivity index is 1.90. The van der Waals surface area contributed by atoms with E-state index in [0.29, 0.717) is 24.7 Å². The highest BCUT2D eigenvalue weighted by molar-refractivity contribution is 5.75. The summed E-state index contributed by atoms with van der Waals surface area (Å²) < 4.78 is 11.3. The van der Waals surface area contributed by atoms with E-state index in [0.717, 1.165) is 39.0 Å². The molecule has 18 heavy (non-hydrogen) atoms. The molecule has 1 saturated carbocycles. The molecule has 1 amide bonds. The lowest BCUT2D eigenvalue weighted by atomic mass is 9.88. The quantitative estimate of drug-likeness (QED) is 0.790. The van der Waals surface area contributed by atoms with Crippen LogP contribution in [-0.2, 0) is 14.3 Å². The lowest BCUT2D eigenvalue weighted by Gasteiger charge is -2.45. The normalized spacial score (nSPS) is 32.9. The van der Waals surface area contributed by atoms with Gasteiger partial charge >= 0.3 is 0 Å². The summed E-state index contributed by atoms with van der Waals surface area (Å²) in [7, 11) is 3.47. The van der Waals surface area contributed by atoms with Gasteiger partial charge in [-0.3, -0.25) is 9.69 Å². The molecule has 0 aromatic rings. The molecule has 0 unspecified atom stereocenters. The Bertz CT molecular complexity index is 285. The number of amides is 1. The van der Waals surface area contributed by atoms with E-state index in [1.807, 2.05) is 0 Å². The standard InChI is InChI=1S/C13H24N2O3/c1-14-13(16)5-6-15-7-8-18-12-4-3-10(17-2)9-11(12)15/h10-12H,3-9H2,1-2H3,(H,14,16)/t10-,11-,12-/m1/s1. The van der Waals surface area contributed by atoms with Gasteiger partial charge in [0.15, 0.2) is 0 Å². The van der Waals surface area contributed by atoms with Gasteiger partial charge in [-0.05, 0) is 19.3 Å². The highest BCUT2D eigenvalue weighted by Crippen LogP contribution is 2.29. The zero-order chi connectivity index (χ0) is 13.0. The van der Waals surface area contributed by atoms with Crippen LogP contribution in [0.3, 0.4) is 0 Å². The van der Waals surface area contributed by atoms with E-state index in [-0.39, 0.29) is 5.91 Å². The molecule has 0 aromatic carbocycles. The van der Waals surface area contributed by atoms with E-state index in [1.165, 1.54) is 0 Å². The van der Waals surface area contributed by atoms with E-state index >= 15 is 0 Å². The van der Waals surface area contributed by atoms with Crippen LogP contribution >= 0.6 is 0 Å². The maximum absolute atomic E-state index is 11.3. The smallest absolute Gasteiger partial charge is 0.221 e. The van der Waals surface area contributed by atoms with Crippen molar-refractivity contribution in [1.82, 2.24) is 10.2 Å². The van der Waals surface area contributed by atoms with Gasteiger partial charge in [0.25, 0.3) is 0 Å². The third-order valence-corrected chi connectivity index (χ3v) is 4.12. The molecule has 0 aromatic heterocycles. The minimum absolute atomic E-state index is 0.108. The van der Waals surface area contributed by atoms with Gasteiger partial charge in [0, 0.05) is 39.7 Å². The number of nitrogens with one attached hydrogen (secondary N) is 1. The molecule has 5 heteroatoms. The molecule has 5 nitrogen and oxygen atoms in total. The topological polar surface area (TPSA) is 50.8 Å². The fourth-order valence-corrected chi connectivity index (χ4v) is 3.01. The van der Waals surface area contributed by atoms with Crippen molar-refractivity contribution >= 4 is 5.91 Å². The number of fused-ring (bicyclic) bond motifs is 1. The average molecular weight is 256 g/mol. The summed E-state index contributed by atoms with van der Waals surface area (Å²) in [4.78, 5) is 13.7. The van der Waals surface area contributed by atoms with Crippen LogP contribution in [0.25, 0.3) is 0 Å². The van der Waals surface area contributed by atoms with Crippen LogP contribution in [0.15, 0.2) is 0 Å². The van der Waals surface area contributed by atoms with Gasteiger partial charge in [-0.2, -0.15) is 0 Å². The predicted octanol–water partition coefficient (Wildman–Crippen LogP) is 0.391. The molecule has 2 aliphatic rings. The number of carbonyl (C=O) groups is 1. The molecule has 2 fully saturated rings. The Hall–Kier alpha value is -0.650. The molecule has 3 atom stereocenters. The maximum Gasteiger partial charge on any atom is 0.221 e. The fourth-order valence-electron chi connectivity index (χ4n) is 3.01. The van der Waals surface area contributed by atoms with Crippen LogP contribution in [0.5, 0.6) is 0 Å². The molecule has 1 heterocycles. The summed E-state index contributed by atoms with van der Waals surface area (Å²) in [6, 6.07) is 0.419. The minimum atomic E-state index is 0.108. The number of hydrogen-bond acceptors (Lipinski definition) is 4. The second-order valence-electron chi connectivity index (χ2n) is 5.11. The van der Waals surface area contributed by atoms with Gasteiger partial charge in [0.05, 0.1) is 18.8 Å². The first-order valence-corrected chi connectivity index (χ1v) is 6.83. The zero-order valence-corrected chi connectivity index (χ0v) is 11.4. The number of ether oxygens (including phenoxy) is 2. The molecule has 1 aliphatic heterocycles. The van der Waals surface area contributed by atoms with Gasteiger partial charge < -0.3 is 14.8 Å². The maximum atomic E-state index is 11.3. The molecule has 104 valence electrons. The van der Waals surface area contributed by atoms with Crippen molar-refractivity contribution in [2.75, 3.05) is 33.9 Å². The summed E-state index contributed by atoms with van der Waals surface area (Å²) >= 11 is 0. The number of morpholine rings is 1. The Morgan fingerprint density at radius 2 is 2.33 bits per heavy atom. The first-order chi connectivity index (χ1) is 8.74. The lowest BCUT2D eigenvalue weighted by Crippen LogP contribution is -2.55. The van der Waals surface area contributed by atoms with E-state index in [1.54, 1.807) is 14.2 Å². The first-order valence-electron chi connectivity index (χ1n) is 6.83. The average Bonchev–Trinajstić information content (AvgIpc) is 2.43. The highest BCUT2D eigenvalue weighted by Gasteiger charge is 2.37. The van der Waals surface area contributed by atoms with Gasteiger partial charge in [-0.15, -0.1) is 0 Å². The largest absolute Gasteiger partial charge is 0.381 e. The monoisotopic (exact) mass is 256 g/mol. The summed E-state index contributed by atoms with van der Waals surface area (Å²) in [5, 5.41) is 2.67. The zero-order valence-electron chi connectivity index (χ0n) is 11.4. The first kappa shape index (κ1) is 13.8. The second kappa shape index (κ2) is 6.50. The van der Waals surface area contributed by atoms with Crippen molar-refractivity contribution in [2.24, 2.45) is 0 Å². The van der Waals surface area contributed by atoms with Crippen molar-refractivity contribution in [3.63, 3.8) is 0 Å². The van der Waals surface area contributed by atoms with Crippen molar-refractivity contribution in [2.45, 2.75) is 43.9 Å². The highest BCUT2D eigenvalue weighted by atomic mass is 16.5. The molecule has 0 bridgehead atoms. The fraction of sp³-hybridized carbons (Fsp3) is 0.923. The Morgan fingerprint density at radius 3 is 3.06 bits per heavy atom. The van der Waals surface area contributed by atoms with Crippen LogP contribution in [0.4, 0.5) is 0 Å². The predicted molar refractivity (Wildman–Crippen MR) is 68.4 cm³/mol. The van der Waals surface area contributed by atoms with Crippen LogP contribution in [0.1, 0.15) is 25.7 Å². The minimum Gasteiger partial charge on any atom is -0.381 e. The molecule has 1 N–H and O–H groups in total. The molecule has 1 aliphatic carbocycles. The van der Waals surface area contributed by atoms with Gasteiger partial charge in [0.1, 0.15) is 0 Å². The number of nitrogens with zero attached hydrogens (tertiary/aromatic N) is 1. The number of hydrogen-bond donors (Lipinski definition) is 1. The Labute approximate surface area is 109 Å². The van der Waals surface area contributed by atoms with Crippen molar-refractivity contribution in [3.8, 4) is 0 Å². The van der Waals surface area contributed by atoms with Crippen molar-refractivity contribution in [1.29, 1.82) is 0 Å². The van der Waals surface area contributed by atoms with E-state index in [4.69, 9.17) is 9.47 Å². The molecular formula is C13H24N2O3. The number of carbonyl (C=O) groups excluding carboxylic acids is 1. The molecular weight excluding hydrogens is 232 g/mol. The number of rotatable bonds is 4. The van der Waals surface area contributed by atoms with E-state index in [2.05, 4.69) is 10.2 Å². The van der Waals surface area contributed by atoms with Crippen LogP contribution < -0.4 is 5.32 Å². The van der Waals surface area contributed by atoms with Crippen LogP contribution in [0, 0.1) is 0 Å². The summed E-state index contributed by atoms with van der Waals surface area (Å²) in [5.74, 6) is 0.108. The summed E-state index contributed by atoms with van der Waals surface area (Å²) in [6.07, 6.45) is 4.41.